The third kappa shape index (κ3) is 3.73. The van der Waals surface area contributed by atoms with Crippen molar-refractivity contribution in [2.75, 3.05) is 0 Å². The van der Waals surface area contributed by atoms with Crippen LogP contribution >= 0.6 is 0 Å². The molecule has 0 atom stereocenters. The highest BCUT2D eigenvalue weighted by Gasteiger charge is 2.40. The minimum Gasteiger partial charge on any atom is -0.455 e. The molecule has 5 rings (SSSR count). The molecule has 0 spiro atoms. The van der Waals surface area contributed by atoms with Crippen molar-refractivity contribution < 1.29 is 13.7 Å². The smallest absolute Gasteiger partial charge is 0.255 e. The average molecular weight is 444 g/mol. The van der Waals surface area contributed by atoms with Gasteiger partial charge in [-0.1, -0.05) is 60.8 Å². The number of carbonyl (C=O) groups is 1. The van der Waals surface area contributed by atoms with Gasteiger partial charge >= 0.3 is 0 Å². The molecule has 0 radical (unpaired) electrons. The first-order chi connectivity index (χ1) is 16.0. The molecular weight excluding hydrogens is 418 g/mol. The van der Waals surface area contributed by atoms with Crippen molar-refractivity contribution >= 4 is 16.9 Å². The van der Waals surface area contributed by atoms with Gasteiger partial charge in [0.15, 0.2) is 16.8 Å². The summed E-state index contributed by atoms with van der Waals surface area (Å²) >= 11 is 0. The van der Waals surface area contributed by atoms with E-state index in [0.29, 0.717) is 34.0 Å². The van der Waals surface area contributed by atoms with Crippen molar-refractivity contribution in [3.05, 3.63) is 81.6 Å². The van der Waals surface area contributed by atoms with Gasteiger partial charge in [-0.2, -0.15) is 4.98 Å². The second kappa shape index (κ2) is 8.31. The van der Waals surface area contributed by atoms with Crippen LogP contribution in [0.1, 0.15) is 59.7 Å². The third-order valence-corrected chi connectivity index (χ3v) is 6.44. The van der Waals surface area contributed by atoms with Crippen LogP contribution in [0.5, 0.6) is 0 Å². The van der Waals surface area contributed by atoms with Gasteiger partial charge in [0, 0.05) is 18.1 Å². The number of carbonyl (C=O) groups excluding carboxylic acids is 1. The molecule has 1 N–H and O–H groups in total. The number of nitrogens with one attached hydrogen (secondary N) is 1. The number of aromatic nitrogens is 2. The predicted octanol–water partition coefficient (Wildman–Crippen LogP) is 5.05. The lowest BCUT2D eigenvalue weighted by Crippen LogP contribution is -2.48. The molecule has 33 heavy (non-hydrogen) atoms. The Hall–Kier alpha value is -3.74. The molecule has 2 heterocycles. The van der Waals surface area contributed by atoms with Gasteiger partial charge in [-0.25, -0.2) is 0 Å². The van der Waals surface area contributed by atoms with Crippen molar-refractivity contribution in [1.82, 2.24) is 15.5 Å². The van der Waals surface area contributed by atoms with Gasteiger partial charge in [0.2, 0.25) is 5.89 Å². The second-order valence-electron chi connectivity index (χ2n) is 8.67. The monoisotopic (exact) mass is 443 g/mol. The number of hydrogen-bond donors (Lipinski definition) is 1. The summed E-state index contributed by atoms with van der Waals surface area (Å²) in [6, 6.07) is 14.5. The normalized spacial score (nSPS) is 15.5. The van der Waals surface area contributed by atoms with Crippen LogP contribution in [0.3, 0.4) is 0 Å². The minimum atomic E-state index is -0.706. The molecule has 7 nitrogen and oxygen atoms in total. The van der Waals surface area contributed by atoms with Gasteiger partial charge in [0.1, 0.15) is 11.3 Å². The lowest BCUT2D eigenvalue weighted by molar-refractivity contribution is 0.0856. The maximum Gasteiger partial charge on any atom is 0.255 e. The third-order valence-electron chi connectivity index (χ3n) is 6.44. The lowest BCUT2D eigenvalue weighted by atomic mass is 9.80. The molecule has 0 aliphatic heterocycles. The Morgan fingerprint density at radius 2 is 1.76 bits per heavy atom. The number of para-hydroxylation sites is 1. The Kier molecular flexibility index (Phi) is 5.32. The number of fused-ring (bicyclic) bond motifs is 1. The fourth-order valence-electron chi connectivity index (χ4n) is 4.69. The molecule has 4 aromatic rings. The zero-order valence-electron chi connectivity index (χ0n) is 18.7. The molecule has 1 saturated carbocycles. The molecule has 2 aromatic heterocycles. The van der Waals surface area contributed by atoms with Gasteiger partial charge in [-0.3, -0.25) is 9.59 Å². The lowest BCUT2D eigenvalue weighted by Gasteiger charge is -2.35. The second-order valence-corrected chi connectivity index (χ2v) is 8.67. The Morgan fingerprint density at radius 3 is 2.45 bits per heavy atom. The fraction of sp³-hybridized carbons (Fsp3) is 0.308. The van der Waals surface area contributed by atoms with E-state index < -0.39 is 5.54 Å². The number of rotatable bonds is 4. The summed E-state index contributed by atoms with van der Waals surface area (Å²) in [4.78, 5) is 31.2. The Bertz CT molecular complexity index is 1380. The van der Waals surface area contributed by atoms with Crippen LogP contribution < -0.4 is 10.7 Å². The molecule has 1 aliphatic rings. The molecule has 0 saturated heterocycles. The number of hydrogen-bond acceptors (Lipinski definition) is 6. The topological polar surface area (TPSA) is 98.2 Å². The van der Waals surface area contributed by atoms with E-state index in [-0.39, 0.29) is 16.9 Å². The highest BCUT2D eigenvalue weighted by Crippen LogP contribution is 2.36. The molecule has 2 aromatic carbocycles. The highest BCUT2D eigenvalue weighted by atomic mass is 16.5. The van der Waals surface area contributed by atoms with Crippen molar-refractivity contribution in [1.29, 1.82) is 0 Å². The summed E-state index contributed by atoms with van der Waals surface area (Å²) in [6.45, 7) is 3.48. The van der Waals surface area contributed by atoms with E-state index in [1.165, 1.54) is 0 Å². The summed E-state index contributed by atoms with van der Waals surface area (Å²) < 4.78 is 11.5. The SMILES string of the molecule is Cc1nc(C2(NC(=O)c3cccc4c(=O)c(C)c(-c5ccccc5)oc34)CCCCC2)no1. The first-order valence-electron chi connectivity index (χ1n) is 11.2. The first-order valence-corrected chi connectivity index (χ1v) is 11.2. The van der Waals surface area contributed by atoms with Crippen LogP contribution in [0, 0.1) is 13.8 Å². The summed E-state index contributed by atoms with van der Waals surface area (Å²) in [6.07, 6.45) is 4.45. The van der Waals surface area contributed by atoms with E-state index in [2.05, 4.69) is 15.5 Å². The van der Waals surface area contributed by atoms with E-state index in [1.807, 2.05) is 30.3 Å². The van der Waals surface area contributed by atoms with Crippen LogP contribution in [-0.2, 0) is 5.54 Å². The summed E-state index contributed by atoms with van der Waals surface area (Å²) in [7, 11) is 0. The maximum atomic E-state index is 13.6. The van der Waals surface area contributed by atoms with Gasteiger partial charge in [-0.05, 0) is 31.9 Å². The molecule has 0 unspecified atom stereocenters. The maximum absolute atomic E-state index is 13.6. The zero-order valence-corrected chi connectivity index (χ0v) is 18.7. The summed E-state index contributed by atoms with van der Waals surface area (Å²) in [5, 5.41) is 7.69. The van der Waals surface area contributed by atoms with Crippen LogP contribution in [0.25, 0.3) is 22.3 Å². The molecule has 0 bridgehead atoms. The molecule has 7 heteroatoms. The summed E-state index contributed by atoms with van der Waals surface area (Å²) in [5.41, 5.74) is 1.03. The largest absolute Gasteiger partial charge is 0.455 e. The van der Waals surface area contributed by atoms with Crippen molar-refractivity contribution in [2.45, 2.75) is 51.5 Å². The van der Waals surface area contributed by atoms with E-state index in [9.17, 15) is 9.59 Å². The molecule has 168 valence electrons. The minimum absolute atomic E-state index is 0.147. The molecule has 1 fully saturated rings. The Balaban J connectivity index is 1.61. The first kappa shape index (κ1) is 21.1. The summed E-state index contributed by atoms with van der Waals surface area (Å²) in [5.74, 6) is 1.10. The molecular formula is C26H25N3O4. The van der Waals surface area contributed by atoms with E-state index in [1.54, 1.807) is 32.0 Å². The van der Waals surface area contributed by atoms with Gasteiger partial charge in [0.05, 0.1) is 10.9 Å². The van der Waals surface area contributed by atoms with Crippen LogP contribution in [0.15, 0.2) is 62.3 Å². The number of nitrogens with zero attached hydrogens (tertiary/aromatic N) is 2. The fourth-order valence-corrected chi connectivity index (χ4v) is 4.69. The van der Waals surface area contributed by atoms with Crippen LogP contribution in [-0.4, -0.2) is 16.0 Å². The van der Waals surface area contributed by atoms with Crippen molar-refractivity contribution in [3.63, 3.8) is 0 Å². The van der Waals surface area contributed by atoms with Gasteiger partial charge < -0.3 is 14.3 Å². The van der Waals surface area contributed by atoms with E-state index in [4.69, 9.17) is 8.94 Å². The van der Waals surface area contributed by atoms with E-state index in [0.717, 1.165) is 37.7 Å². The van der Waals surface area contributed by atoms with Crippen LogP contribution in [0.2, 0.25) is 0 Å². The Labute approximate surface area is 190 Å². The van der Waals surface area contributed by atoms with Crippen molar-refractivity contribution in [2.24, 2.45) is 0 Å². The van der Waals surface area contributed by atoms with Crippen LogP contribution in [0.4, 0.5) is 0 Å². The quantitative estimate of drug-likeness (QED) is 0.474. The van der Waals surface area contributed by atoms with Gasteiger partial charge in [-0.15, -0.1) is 0 Å². The van der Waals surface area contributed by atoms with E-state index >= 15 is 0 Å². The Morgan fingerprint density at radius 1 is 1.00 bits per heavy atom. The number of benzene rings is 2. The molecule has 1 amide bonds. The average Bonchev–Trinajstić information content (AvgIpc) is 3.29. The highest BCUT2D eigenvalue weighted by molar-refractivity contribution is 6.05. The van der Waals surface area contributed by atoms with Crippen molar-refractivity contribution in [3.8, 4) is 11.3 Å². The number of aryl methyl sites for hydroxylation is 1. The molecule has 1 aliphatic carbocycles. The zero-order chi connectivity index (χ0) is 23.0. The number of amides is 1. The van der Waals surface area contributed by atoms with Gasteiger partial charge in [0.25, 0.3) is 5.91 Å². The predicted molar refractivity (Wildman–Crippen MR) is 124 cm³/mol. The standard InChI is InChI=1S/C26H25N3O4/c1-16-21(30)19-12-9-13-20(23(19)32-22(16)18-10-5-3-6-11-18)24(31)28-26(14-7-4-8-15-26)25-27-17(2)33-29-25/h3,5-6,9-13H,4,7-8,14-15H2,1-2H3,(H,28,31).